The van der Waals surface area contributed by atoms with Crippen LogP contribution in [0.2, 0.25) is 5.02 Å². The van der Waals surface area contributed by atoms with Crippen LogP contribution in [0, 0.1) is 16.0 Å². The third-order valence-electron chi connectivity index (χ3n) is 3.58. The van der Waals surface area contributed by atoms with E-state index >= 15 is 0 Å². The van der Waals surface area contributed by atoms with Crippen molar-refractivity contribution in [1.29, 1.82) is 0 Å². The van der Waals surface area contributed by atoms with E-state index in [0.29, 0.717) is 18.4 Å². The normalized spacial score (nSPS) is 22.6. The van der Waals surface area contributed by atoms with Gasteiger partial charge in [0, 0.05) is 18.2 Å². The first-order valence-corrected chi connectivity index (χ1v) is 8.37. The van der Waals surface area contributed by atoms with Crippen LogP contribution in [0.3, 0.4) is 0 Å². The minimum Gasteiger partial charge on any atom is -0.327 e. The van der Waals surface area contributed by atoms with E-state index in [1.807, 2.05) is 0 Å². The van der Waals surface area contributed by atoms with Crippen molar-refractivity contribution >= 4 is 27.1 Å². The van der Waals surface area contributed by atoms with Gasteiger partial charge in [0.25, 0.3) is 5.69 Å². The fourth-order valence-corrected chi connectivity index (χ4v) is 4.54. The maximum Gasteiger partial charge on any atom is 0.270 e. The first-order chi connectivity index (χ1) is 9.28. The van der Waals surface area contributed by atoms with E-state index in [0.717, 1.165) is 0 Å². The summed E-state index contributed by atoms with van der Waals surface area (Å²) >= 11 is 6.00. The Hall–Kier alpha value is -1.18. The third-order valence-corrected chi connectivity index (χ3v) is 5.72. The van der Waals surface area contributed by atoms with Gasteiger partial charge >= 0.3 is 0 Å². The van der Waals surface area contributed by atoms with Crippen molar-refractivity contribution in [1.82, 2.24) is 0 Å². The molecular weight excluding hydrogens is 304 g/mol. The smallest absolute Gasteiger partial charge is 0.270 e. The Balaban J connectivity index is 2.08. The second-order valence-electron chi connectivity index (χ2n) is 5.06. The van der Waals surface area contributed by atoms with Gasteiger partial charge in [0.2, 0.25) is 0 Å². The van der Waals surface area contributed by atoms with Crippen LogP contribution in [0.1, 0.15) is 12.0 Å². The molecule has 20 heavy (non-hydrogen) atoms. The van der Waals surface area contributed by atoms with Crippen LogP contribution in [0.5, 0.6) is 0 Å². The van der Waals surface area contributed by atoms with E-state index in [-0.39, 0.29) is 34.2 Å². The first-order valence-electron chi connectivity index (χ1n) is 6.17. The van der Waals surface area contributed by atoms with E-state index in [1.54, 1.807) is 6.07 Å². The molecule has 2 N–H and O–H groups in total. The number of rotatable bonds is 4. The predicted molar refractivity (Wildman–Crippen MR) is 76.5 cm³/mol. The third kappa shape index (κ3) is 3.47. The molecular formula is C12H15ClN2O4S. The van der Waals surface area contributed by atoms with Crippen molar-refractivity contribution in [3.63, 3.8) is 0 Å². The summed E-state index contributed by atoms with van der Waals surface area (Å²) in [6.07, 6.45) is 0.977. The van der Waals surface area contributed by atoms with Crippen molar-refractivity contribution in [2.75, 3.05) is 11.5 Å². The summed E-state index contributed by atoms with van der Waals surface area (Å²) in [6.45, 7) is 0. The van der Waals surface area contributed by atoms with Crippen molar-refractivity contribution in [3.8, 4) is 0 Å². The monoisotopic (exact) mass is 318 g/mol. The number of nitrogens with zero attached hydrogens (tertiary/aromatic N) is 1. The second-order valence-corrected chi connectivity index (χ2v) is 7.70. The number of non-ortho nitro benzene ring substituents is 1. The largest absolute Gasteiger partial charge is 0.327 e. The molecule has 1 heterocycles. The minimum absolute atomic E-state index is 0.0734. The molecule has 0 aliphatic carbocycles. The Labute approximate surface area is 122 Å². The fourth-order valence-electron chi connectivity index (χ4n) is 2.40. The highest BCUT2D eigenvalue weighted by Gasteiger charge is 2.32. The summed E-state index contributed by atoms with van der Waals surface area (Å²) in [5, 5.41) is 10.9. The quantitative estimate of drug-likeness (QED) is 0.670. The molecule has 1 fully saturated rings. The molecule has 6 nitrogen and oxygen atoms in total. The minimum atomic E-state index is -2.96. The van der Waals surface area contributed by atoms with Crippen molar-refractivity contribution < 1.29 is 13.3 Å². The molecule has 0 bridgehead atoms. The molecule has 8 heteroatoms. The van der Waals surface area contributed by atoms with Gasteiger partial charge in [-0.3, -0.25) is 10.1 Å². The molecule has 1 aliphatic heterocycles. The average molecular weight is 319 g/mol. The second kappa shape index (κ2) is 5.67. The summed E-state index contributed by atoms with van der Waals surface area (Å²) in [4.78, 5) is 10.1. The van der Waals surface area contributed by atoms with Crippen molar-refractivity contribution in [2.45, 2.75) is 18.9 Å². The molecule has 1 aromatic rings. The van der Waals surface area contributed by atoms with Crippen LogP contribution in [0.15, 0.2) is 18.2 Å². The number of sulfone groups is 1. The summed E-state index contributed by atoms with van der Waals surface area (Å²) in [5.41, 5.74) is 6.67. The summed E-state index contributed by atoms with van der Waals surface area (Å²) < 4.78 is 22.9. The number of benzene rings is 1. The lowest BCUT2D eigenvalue weighted by molar-refractivity contribution is -0.384. The van der Waals surface area contributed by atoms with E-state index in [4.69, 9.17) is 17.3 Å². The van der Waals surface area contributed by atoms with Gasteiger partial charge in [-0.15, -0.1) is 0 Å². The van der Waals surface area contributed by atoms with Gasteiger partial charge < -0.3 is 5.73 Å². The molecule has 0 saturated carbocycles. The number of hydrogen-bond donors (Lipinski definition) is 1. The lowest BCUT2D eigenvalue weighted by Gasteiger charge is -2.18. The SMILES string of the molecule is NC(Cc1ccc([N+](=O)[O-])cc1Cl)C1CCS(=O)(=O)C1. The molecule has 1 aliphatic rings. The van der Waals surface area contributed by atoms with Crippen LogP contribution in [-0.2, 0) is 16.3 Å². The first kappa shape index (κ1) is 15.2. The molecule has 0 spiro atoms. The Morgan fingerprint density at radius 1 is 1.50 bits per heavy atom. The van der Waals surface area contributed by atoms with Gasteiger partial charge in [-0.05, 0) is 24.3 Å². The van der Waals surface area contributed by atoms with E-state index in [9.17, 15) is 18.5 Å². The Morgan fingerprint density at radius 3 is 2.70 bits per heavy atom. The molecule has 2 atom stereocenters. The number of nitro groups is 1. The van der Waals surface area contributed by atoms with E-state index < -0.39 is 14.8 Å². The van der Waals surface area contributed by atoms with Crippen molar-refractivity contribution in [3.05, 3.63) is 38.9 Å². The molecule has 2 rings (SSSR count). The number of nitro benzene ring substituents is 1. The molecule has 2 unspecified atom stereocenters. The summed E-state index contributed by atoms with van der Waals surface area (Å²) in [5.74, 6) is 0.212. The molecule has 1 aromatic carbocycles. The van der Waals surface area contributed by atoms with Gasteiger partial charge in [-0.2, -0.15) is 0 Å². The van der Waals surface area contributed by atoms with Crippen LogP contribution in [0.4, 0.5) is 5.69 Å². The predicted octanol–water partition coefficient (Wildman–Crippen LogP) is 1.55. The highest BCUT2D eigenvalue weighted by Crippen LogP contribution is 2.27. The number of hydrogen-bond acceptors (Lipinski definition) is 5. The molecule has 0 radical (unpaired) electrons. The Morgan fingerprint density at radius 2 is 2.20 bits per heavy atom. The average Bonchev–Trinajstić information content (AvgIpc) is 2.72. The molecule has 1 saturated heterocycles. The Kier molecular flexibility index (Phi) is 4.31. The highest BCUT2D eigenvalue weighted by molar-refractivity contribution is 7.91. The molecule has 0 amide bonds. The van der Waals surface area contributed by atoms with Gasteiger partial charge in [-0.25, -0.2) is 8.42 Å². The molecule has 110 valence electrons. The van der Waals surface area contributed by atoms with Crippen LogP contribution in [0.25, 0.3) is 0 Å². The standard InChI is InChI=1S/C12H15ClN2O4S/c13-11-6-10(15(16)17)2-1-8(11)5-12(14)9-3-4-20(18,19)7-9/h1-2,6,9,12H,3-5,7,14H2. The topological polar surface area (TPSA) is 103 Å². The van der Waals surface area contributed by atoms with Gasteiger partial charge in [0.1, 0.15) is 0 Å². The van der Waals surface area contributed by atoms with Crippen LogP contribution in [-0.4, -0.2) is 30.9 Å². The van der Waals surface area contributed by atoms with Gasteiger partial charge in [0.15, 0.2) is 9.84 Å². The maximum atomic E-state index is 11.4. The molecule has 0 aromatic heterocycles. The van der Waals surface area contributed by atoms with Gasteiger partial charge in [-0.1, -0.05) is 17.7 Å². The van der Waals surface area contributed by atoms with Crippen LogP contribution >= 0.6 is 11.6 Å². The Bertz CT molecular complexity index is 632. The lowest BCUT2D eigenvalue weighted by atomic mass is 9.94. The summed E-state index contributed by atoms with van der Waals surface area (Å²) in [6, 6.07) is 3.92. The van der Waals surface area contributed by atoms with E-state index in [2.05, 4.69) is 0 Å². The zero-order valence-electron chi connectivity index (χ0n) is 10.7. The highest BCUT2D eigenvalue weighted by atomic mass is 35.5. The van der Waals surface area contributed by atoms with Crippen LogP contribution < -0.4 is 5.73 Å². The number of nitrogens with two attached hydrogens (primary N) is 1. The zero-order valence-corrected chi connectivity index (χ0v) is 12.2. The van der Waals surface area contributed by atoms with E-state index in [1.165, 1.54) is 12.1 Å². The zero-order chi connectivity index (χ0) is 14.9. The number of halogens is 1. The van der Waals surface area contributed by atoms with Crippen molar-refractivity contribution in [2.24, 2.45) is 11.7 Å². The van der Waals surface area contributed by atoms with Gasteiger partial charge in [0.05, 0.1) is 21.5 Å². The maximum absolute atomic E-state index is 11.4. The summed E-state index contributed by atoms with van der Waals surface area (Å²) in [7, 11) is -2.96. The fraction of sp³-hybridized carbons (Fsp3) is 0.500. The lowest BCUT2D eigenvalue weighted by Crippen LogP contribution is -2.33.